The maximum absolute atomic E-state index is 5.31. The van der Waals surface area contributed by atoms with E-state index in [-0.39, 0.29) is 0 Å². The largest absolute Gasteiger partial charge is 0.383 e. The molecule has 0 aromatic rings. The zero-order valence-electron chi connectivity index (χ0n) is 12.0. The fourth-order valence-electron chi connectivity index (χ4n) is 2.55. The Balaban J connectivity index is 2.38. The Hall–Kier alpha value is -0.120. The van der Waals surface area contributed by atoms with Crippen LogP contribution in [0.4, 0.5) is 0 Å². The predicted octanol–water partition coefficient (Wildman–Crippen LogP) is 2.12. The average molecular weight is 242 g/mol. The predicted molar refractivity (Wildman–Crippen MR) is 73.4 cm³/mol. The SMILES string of the molecule is CCN1CCCC(NC(COC)C(C)C)CC1. The summed E-state index contributed by atoms with van der Waals surface area (Å²) in [7, 11) is 1.79. The van der Waals surface area contributed by atoms with Gasteiger partial charge in [-0.1, -0.05) is 20.8 Å². The molecule has 0 spiro atoms. The lowest BCUT2D eigenvalue weighted by Crippen LogP contribution is -2.44. The van der Waals surface area contributed by atoms with E-state index in [4.69, 9.17) is 4.74 Å². The minimum Gasteiger partial charge on any atom is -0.383 e. The van der Waals surface area contributed by atoms with Gasteiger partial charge in [0.05, 0.1) is 6.61 Å². The van der Waals surface area contributed by atoms with Crippen molar-refractivity contribution < 1.29 is 4.74 Å². The molecule has 1 heterocycles. The van der Waals surface area contributed by atoms with Crippen molar-refractivity contribution in [2.24, 2.45) is 5.92 Å². The van der Waals surface area contributed by atoms with Crippen LogP contribution in [0.5, 0.6) is 0 Å². The molecule has 0 aliphatic carbocycles. The molecule has 0 saturated carbocycles. The highest BCUT2D eigenvalue weighted by molar-refractivity contribution is 4.80. The fourth-order valence-corrected chi connectivity index (χ4v) is 2.55. The molecule has 1 fully saturated rings. The summed E-state index contributed by atoms with van der Waals surface area (Å²) in [6.07, 6.45) is 3.91. The highest BCUT2D eigenvalue weighted by Gasteiger charge is 2.20. The zero-order chi connectivity index (χ0) is 12.7. The van der Waals surface area contributed by atoms with Crippen LogP contribution >= 0.6 is 0 Å². The molecule has 1 aliphatic rings. The molecule has 3 heteroatoms. The van der Waals surface area contributed by atoms with E-state index in [0.29, 0.717) is 18.0 Å². The van der Waals surface area contributed by atoms with Crippen molar-refractivity contribution in [1.82, 2.24) is 10.2 Å². The summed E-state index contributed by atoms with van der Waals surface area (Å²) in [4.78, 5) is 2.56. The number of hydrogen-bond donors (Lipinski definition) is 1. The number of nitrogens with zero attached hydrogens (tertiary/aromatic N) is 1. The molecule has 1 aliphatic heterocycles. The second-order valence-corrected chi connectivity index (χ2v) is 5.53. The van der Waals surface area contributed by atoms with E-state index in [1.54, 1.807) is 7.11 Å². The molecular weight excluding hydrogens is 212 g/mol. The van der Waals surface area contributed by atoms with E-state index in [0.717, 1.165) is 6.61 Å². The molecule has 1 rings (SSSR count). The van der Waals surface area contributed by atoms with Gasteiger partial charge in [0.2, 0.25) is 0 Å². The summed E-state index contributed by atoms with van der Waals surface area (Å²) in [5.41, 5.74) is 0. The Labute approximate surface area is 107 Å². The van der Waals surface area contributed by atoms with Gasteiger partial charge in [-0.3, -0.25) is 0 Å². The Morgan fingerprint density at radius 3 is 2.65 bits per heavy atom. The Kier molecular flexibility index (Phi) is 7.09. The molecule has 2 unspecified atom stereocenters. The summed E-state index contributed by atoms with van der Waals surface area (Å²) in [5.74, 6) is 0.639. The molecular formula is C14H30N2O. The van der Waals surface area contributed by atoms with Crippen LogP contribution in [-0.4, -0.2) is 50.3 Å². The maximum Gasteiger partial charge on any atom is 0.0618 e. The van der Waals surface area contributed by atoms with Crippen molar-refractivity contribution in [1.29, 1.82) is 0 Å². The van der Waals surface area contributed by atoms with Gasteiger partial charge in [-0.2, -0.15) is 0 Å². The summed E-state index contributed by atoms with van der Waals surface area (Å²) in [5, 5.41) is 3.79. The van der Waals surface area contributed by atoms with Crippen molar-refractivity contribution in [2.45, 2.75) is 52.1 Å². The second-order valence-electron chi connectivity index (χ2n) is 5.53. The topological polar surface area (TPSA) is 24.5 Å². The van der Waals surface area contributed by atoms with Crippen LogP contribution in [-0.2, 0) is 4.74 Å². The quantitative estimate of drug-likeness (QED) is 0.772. The standard InChI is InChI=1S/C14H30N2O/c1-5-16-9-6-7-13(8-10-16)15-14(11-17-4)12(2)3/h12-15H,5-11H2,1-4H3. The first-order valence-corrected chi connectivity index (χ1v) is 7.14. The van der Waals surface area contributed by atoms with Crippen LogP contribution in [0, 0.1) is 5.92 Å². The van der Waals surface area contributed by atoms with Gasteiger partial charge in [0.15, 0.2) is 0 Å². The van der Waals surface area contributed by atoms with E-state index in [1.807, 2.05) is 0 Å². The normalized spacial score (nSPS) is 24.9. The molecule has 3 nitrogen and oxygen atoms in total. The molecule has 1 saturated heterocycles. The van der Waals surface area contributed by atoms with Crippen LogP contribution in [0.25, 0.3) is 0 Å². The van der Waals surface area contributed by atoms with E-state index in [9.17, 15) is 0 Å². The highest BCUT2D eigenvalue weighted by atomic mass is 16.5. The van der Waals surface area contributed by atoms with Gasteiger partial charge >= 0.3 is 0 Å². The van der Waals surface area contributed by atoms with Crippen molar-refractivity contribution in [3.05, 3.63) is 0 Å². The molecule has 0 aromatic heterocycles. The van der Waals surface area contributed by atoms with Gasteiger partial charge in [0.25, 0.3) is 0 Å². The highest BCUT2D eigenvalue weighted by Crippen LogP contribution is 2.13. The van der Waals surface area contributed by atoms with Crippen LogP contribution in [0.15, 0.2) is 0 Å². The Morgan fingerprint density at radius 1 is 1.29 bits per heavy atom. The second kappa shape index (κ2) is 8.06. The van der Waals surface area contributed by atoms with Gasteiger partial charge in [0.1, 0.15) is 0 Å². The summed E-state index contributed by atoms with van der Waals surface area (Å²) >= 11 is 0. The number of nitrogens with one attached hydrogen (secondary N) is 1. The number of likely N-dealkylation sites (tertiary alicyclic amines) is 1. The van der Waals surface area contributed by atoms with Crippen molar-refractivity contribution in [3.63, 3.8) is 0 Å². The van der Waals surface area contributed by atoms with Gasteiger partial charge in [-0.15, -0.1) is 0 Å². The first-order chi connectivity index (χ1) is 8.17. The number of methoxy groups -OCH3 is 1. The zero-order valence-corrected chi connectivity index (χ0v) is 12.0. The maximum atomic E-state index is 5.31. The molecule has 102 valence electrons. The van der Waals surface area contributed by atoms with Gasteiger partial charge in [-0.05, 0) is 44.8 Å². The summed E-state index contributed by atoms with van der Waals surface area (Å²) in [6.45, 7) is 11.3. The van der Waals surface area contributed by atoms with Crippen LogP contribution in [0.1, 0.15) is 40.0 Å². The third kappa shape index (κ3) is 5.36. The first kappa shape index (κ1) is 14.9. The number of ether oxygens (including phenoxy) is 1. The third-order valence-corrected chi connectivity index (χ3v) is 3.87. The van der Waals surface area contributed by atoms with Crippen molar-refractivity contribution in [2.75, 3.05) is 33.4 Å². The summed E-state index contributed by atoms with van der Waals surface area (Å²) in [6, 6.07) is 1.17. The lowest BCUT2D eigenvalue weighted by Gasteiger charge is -2.27. The Morgan fingerprint density at radius 2 is 2.06 bits per heavy atom. The third-order valence-electron chi connectivity index (χ3n) is 3.87. The lowest BCUT2D eigenvalue weighted by atomic mass is 10.0. The number of hydrogen-bond acceptors (Lipinski definition) is 3. The Bertz CT molecular complexity index is 197. The molecule has 0 amide bonds. The minimum atomic E-state index is 0.498. The first-order valence-electron chi connectivity index (χ1n) is 7.14. The fraction of sp³-hybridized carbons (Fsp3) is 1.00. The van der Waals surface area contributed by atoms with E-state index in [1.165, 1.54) is 38.9 Å². The molecule has 0 radical (unpaired) electrons. The molecule has 0 bridgehead atoms. The van der Waals surface area contributed by atoms with Gasteiger partial charge in [0, 0.05) is 19.2 Å². The number of rotatable bonds is 6. The van der Waals surface area contributed by atoms with Crippen LogP contribution < -0.4 is 5.32 Å². The monoisotopic (exact) mass is 242 g/mol. The summed E-state index contributed by atoms with van der Waals surface area (Å²) < 4.78 is 5.31. The minimum absolute atomic E-state index is 0.498. The molecule has 1 N–H and O–H groups in total. The van der Waals surface area contributed by atoms with E-state index >= 15 is 0 Å². The van der Waals surface area contributed by atoms with Gasteiger partial charge < -0.3 is 15.0 Å². The van der Waals surface area contributed by atoms with Crippen molar-refractivity contribution in [3.8, 4) is 0 Å². The van der Waals surface area contributed by atoms with E-state index < -0.39 is 0 Å². The van der Waals surface area contributed by atoms with Gasteiger partial charge in [-0.25, -0.2) is 0 Å². The van der Waals surface area contributed by atoms with Crippen LogP contribution in [0.2, 0.25) is 0 Å². The van der Waals surface area contributed by atoms with Crippen molar-refractivity contribution >= 4 is 0 Å². The molecule has 2 atom stereocenters. The van der Waals surface area contributed by atoms with E-state index in [2.05, 4.69) is 31.0 Å². The average Bonchev–Trinajstić information content (AvgIpc) is 2.53. The molecule has 17 heavy (non-hydrogen) atoms. The smallest absolute Gasteiger partial charge is 0.0618 e. The van der Waals surface area contributed by atoms with Crippen LogP contribution in [0.3, 0.4) is 0 Å². The molecule has 0 aromatic carbocycles. The lowest BCUT2D eigenvalue weighted by molar-refractivity contribution is 0.138.